The number of aromatic nitrogens is 3. The Hall–Kier alpha value is -3.64. The van der Waals surface area contributed by atoms with Crippen molar-refractivity contribution in [1.29, 1.82) is 0 Å². The fourth-order valence-corrected chi connectivity index (χ4v) is 5.05. The molecule has 3 aromatic carbocycles. The Labute approximate surface area is 191 Å². The number of benzene rings is 3. The molecular formula is C27H26N4O2. The highest BCUT2D eigenvalue weighted by Crippen LogP contribution is 2.27. The van der Waals surface area contributed by atoms with Crippen LogP contribution in [0, 0.1) is 0 Å². The molecule has 166 valence electrons. The minimum atomic E-state index is -0.251. The van der Waals surface area contributed by atoms with Gasteiger partial charge in [-0.1, -0.05) is 54.6 Å². The normalized spacial score (nSPS) is 15.5. The van der Waals surface area contributed by atoms with Gasteiger partial charge >= 0.3 is 5.76 Å². The molecule has 0 N–H and O–H groups in total. The monoisotopic (exact) mass is 438 g/mol. The quantitative estimate of drug-likeness (QED) is 0.394. The number of rotatable bonds is 5. The maximum absolute atomic E-state index is 12.5. The van der Waals surface area contributed by atoms with E-state index in [4.69, 9.17) is 9.40 Å². The number of piperidine rings is 1. The van der Waals surface area contributed by atoms with Crippen molar-refractivity contribution in [3.8, 4) is 0 Å². The molecule has 0 saturated carbocycles. The van der Waals surface area contributed by atoms with E-state index in [0.717, 1.165) is 55.9 Å². The van der Waals surface area contributed by atoms with Crippen LogP contribution in [0.2, 0.25) is 0 Å². The van der Waals surface area contributed by atoms with E-state index in [9.17, 15) is 4.79 Å². The zero-order valence-electron chi connectivity index (χ0n) is 18.4. The van der Waals surface area contributed by atoms with Crippen molar-refractivity contribution in [2.24, 2.45) is 0 Å². The summed E-state index contributed by atoms with van der Waals surface area (Å²) in [5.74, 6) is 0.837. The molecule has 6 heteroatoms. The Balaban J connectivity index is 1.23. The summed E-state index contributed by atoms with van der Waals surface area (Å²) >= 11 is 0. The summed E-state index contributed by atoms with van der Waals surface area (Å²) in [6.45, 7) is 3.45. The minimum Gasteiger partial charge on any atom is -0.408 e. The van der Waals surface area contributed by atoms with Gasteiger partial charge in [0.2, 0.25) is 0 Å². The maximum Gasteiger partial charge on any atom is 0.420 e. The van der Waals surface area contributed by atoms with E-state index >= 15 is 0 Å². The number of imidazole rings is 1. The molecule has 1 fully saturated rings. The number of para-hydroxylation sites is 4. The summed E-state index contributed by atoms with van der Waals surface area (Å²) in [5, 5.41) is 0. The van der Waals surface area contributed by atoms with E-state index in [1.54, 1.807) is 0 Å². The summed E-state index contributed by atoms with van der Waals surface area (Å²) in [5.41, 5.74) is 5.04. The zero-order chi connectivity index (χ0) is 22.2. The fourth-order valence-electron chi connectivity index (χ4n) is 5.05. The van der Waals surface area contributed by atoms with Gasteiger partial charge in [0, 0.05) is 25.7 Å². The highest BCUT2D eigenvalue weighted by Gasteiger charge is 2.25. The van der Waals surface area contributed by atoms with Gasteiger partial charge < -0.3 is 8.98 Å². The third kappa shape index (κ3) is 3.76. The molecule has 2 aromatic heterocycles. The highest BCUT2D eigenvalue weighted by atomic mass is 16.4. The summed E-state index contributed by atoms with van der Waals surface area (Å²) in [4.78, 5) is 19.9. The average molecular weight is 439 g/mol. The van der Waals surface area contributed by atoms with Crippen molar-refractivity contribution in [3.05, 3.63) is 101 Å². The van der Waals surface area contributed by atoms with E-state index in [0.29, 0.717) is 5.58 Å². The fraction of sp³-hybridized carbons (Fsp3) is 0.259. The Kier molecular flexibility index (Phi) is 5.07. The van der Waals surface area contributed by atoms with Gasteiger partial charge in [0.1, 0.15) is 5.82 Å². The summed E-state index contributed by atoms with van der Waals surface area (Å²) in [7, 11) is 0. The average Bonchev–Trinajstić information content (AvgIpc) is 3.37. The molecule has 1 aliphatic heterocycles. The molecule has 0 unspecified atom stereocenters. The second kappa shape index (κ2) is 8.37. The molecule has 0 aliphatic carbocycles. The Morgan fingerprint density at radius 3 is 2.33 bits per heavy atom. The van der Waals surface area contributed by atoms with Crippen LogP contribution >= 0.6 is 0 Å². The predicted octanol–water partition coefficient (Wildman–Crippen LogP) is 4.83. The molecule has 33 heavy (non-hydrogen) atoms. The van der Waals surface area contributed by atoms with Crippen LogP contribution in [-0.2, 0) is 13.1 Å². The molecule has 0 radical (unpaired) electrons. The molecule has 6 nitrogen and oxygen atoms in total. The summed E-state index contributed by atoms with van der Waals surface area (Å²) in [6, 6.07) is 26.8. The zero-order valence-corrected chi connectivity index (χ0v) is 18.4. The van der Waals surface area contributed by atoms with Crippen LogP contribution in [-0.4, -0.2) is 32.1 Å². The lowest BCUT2D eigenvalue weighted by atomic mass is 10.0. The van der Waals surface area contributed by atoms with Crippen molar-refractivity contribution in [2.45, 2.75) is 32.0 Å². The number of nitrogens with zero attached hydrogens (tertiary/aromatic N) is 4. The number of fused-ring (bicyclic) bond motifs is 2. The van der Waals surface area contributed by atoms with Crippen molar-refractivity contribution in [2.75, 3.05) is 13.1 Å². The molecule has 1 aliphatic rings. The third-order valence-corrected chi connectivity index (χ3v) is 6.72. The highest BCUT2D eigenvalue weighted by molar-refractivity contribution is 5.76. The SMILES string of the molecule is O=c1oc2ccccc2n1C1CCN(Cc2nc3ccccc3n2Cc2ccccc2)CC1. The third-order valence-electron chi connectivity index (χ3n) is 6.72. The lowest BCUT2D eigenvalue weighted by molar-refractivity contribution is 0.172. The van der Waals surface area contributed by atoms with Crippen LogP contribution in [0.3, 0.4) is 0 Å². The molecule has 5 aromatic rings. The van der Waals surface area contributed by atoms with Gasteiger partial charge in [-0.3, -0.25) is 9.47 Å². The van der Waals surface area contributed by atoms with Crippen molar-refractivity contribution >= 4 is 22.1 Å². The van der Waals surface area contributed by atoms with Gasteiger partial charge in [-0.25, -0.2) is 9.78 Å². The van der Waals surface area contributed by atoms with Crippen LogP contribution in [0.25, 0.3) is 22.1 Å². The van der Waals surface area contributed by atoms with Crippen LogP contribution in [0.1, 0.15) is 30.3 Å². The Bertz CT molecular complexity index is 1460. The van der Waals surface area contributed by atoms with Gasteiger partial charge in [-0.05, 0) is 42.7 Å². The van der Waals surface area contributed by atoms with E-state index < -0.39 is 0 Å². The van der Waals surface area contributed by atoms with Gasteiger partial charge in [0.25, 0.3) is 0 Å². The van der Waals surface area contributed by atoms with Crippen LogP contribution in [0.5, 0.6) is 0 Å². The molecule has 3 heterocycles. The first-order valence-electron chi connectivity index (χ1n) is 11.6. The molecule has 0 amide bonds. The van der Waals surface area contributed by atoms with Crippen LogP contribution < -0.4 is 5.76 Å². The number of hydrogen-bond donors (Lipinski definition) is 0. The topological polar surface area (TPSA) is 56.2 Å². The van der Waals surface area contributed by atoms with Crippen molar-refractivity contribution in [1.82, 2.24) is 19.0 Å². The largest absolute Gasteiger partial charge is 0.420 e. The first-order chi connectivity index (χ1) is 16.3. The number of likely N-dealkylation sites (tertiary alicyclic amines) is 1. The molecule has 0 spiro atoms. The van der Waals surface area contributed by atoms with Gasteiger partial charge in [-0.2, -0.15) is 0 Å². The smallest absolute Gasteiger partial charge is 0.408 e. The molecule has 1 saturated heterocycles. The minimum absolute atomic E-state index is 0.167. The predicted molar refractivity (Wildman–Crippen MR) is 129 cm³/mol. The van der Waals surface area contributed by atoms with E-state index in [1.807, 2.05) is 34.9 Å². The first kappa shape index (κ1) is 20.0. The number of hydrogen-bond acceptors (Lipinski definition) is 4. The van der Waals surface area contributed by atoms with Crippen molar-refractivity contribution < 1.29 is 4.42 Å². The Morgan fingerprint density at radius 2 is 1.52 bits per heavy atom. The van der Waals surface area contributed by atoms with E-state index in [2.05, 4.69) is 58.0 Å². The second-order valence-corrected chi connectivity index (χ2v) is 8.80. The lowest BCUT2D eigenvalue weighted by Crippen LogP contribution is -2.36. The summed E-state index contributed by atoms with van der Waals surface area (Å²) in [6.07, 6.45) is 1.84. The number of oxazole rings is 1. The van der Waals surface area contributed by atoms with E-state index in [1.165, 1.54) is 11.1 Å². The second-order valence-electron chi connectivity index (χ2n) is 8.80. The van der Waals surface area contributed by atoms with Gasteiger partial charge in [0.05, 0.1) is 23.1 Å². The van der Waals surface area contributed by atoms with E-state index in [-0.39, 0.29) is 11.8 Å². The Morgan fingerprint density at radius 1 is 0.818 bits per heavy atom. The first-order valence-corrected chi connectivity index (χ1v) is 11.6. The van der Waals surface area contributed by atoms with Crippen LogP contribution in [0.15, 0.2) is 88.1 Å². The van der Waals surface area contributed by atoms with Crippen LogP contribution in [0.4, 0.5) is 0 Å². The van der Waals surface area contributed by atoms with Gasteiger partial charge in [0.15, 0.2) is 5.58 Å². The molecular weight excluding hydrogens is 412 g/mol. The molecule has 6 rings (SSSR count). The summed E-state index contributed by atoms with van der Waals surface area (Å²) < 4.78 is 9.64. The van der Waals surface area contributed by atoms with Gasteiger partial charge in [-0.15, -0.1) is 0 Å². The standard InChI is InChI=1S/C27H26N4O2/c32-27-31(24-12-6-7-13-25(24)33-27)21-14-16-29(17-15-21)19-26-28-22-10-4-5-11-23(22)30(26)18-20-8-2-1-3-9-20/h1-13,21H,14-19H2. The molecule has 0 bridgehead atoms. The lowest BCUT2D eigenvalue weighted by Gasteiger charge is -2.32. The maximum atomic E-state index is 12.5. The molecule has 0 atom stereocenters. The van der Waals surface area contributed by atoms with Crippen molar-refractivity contribution in [3.63, 3.8) is 0 Å².